The monoisotopic (exact) mass is 584 g/mol. The lowest BCUT2D eigenvalue weighted by molar-refractivity contribution is -0.139. The number of fused-ring (bicyclic) bond motifs is 1. The number of aromatic nitrogens is 1. The molecule has 5 rings (SSSR count). The van der Waals surface area contributed by atoms with Crippen molar-refractivity contribution in [3.63, 3.8) is 0 Å². The summed E-state index contributed by atoms with van der Waals surface area (Å²) >= 11 is 1.18. The standard InChI is InChI=1S/C32H28N2O7S/c1-5-16-40-21-12-10-20(11-13-21)28-27(31(38)39-6-2)19(4)33-32-34(28)29(35)26(42-32)17-22-14-15-25(41-22)23-8-7-9-24(18(23)3)30(36)37/h5,7-15,17,28H,1,6,16H2,2-4H3,(H,36,37)/b26-17-/t28-/m1/s1. The number of rotatable bonds is 9. The maximum atomic E-state index is 13.9. The second-order valence-electron chi connectivity index (χ2n) is 9.46. The second kappa shape index (κ2) is 11.9. The molecule has 0 amide bonds. The highest BCUT2D eigenvalue weighted by molar-refractivity contribution is 7.07. The zero-order valence-corrected chi connectivity index (χ0v) is 24.1. The Balaban J connectivity index is 1.60. The zero-order valence-electron chi connectivity index (χ0n) is 23.2. The van der Waals surface area contributed by atoms with Gasteiger partial charge in [0.05, 0.1) is 34.0 Å². The molecule has 1 aliphatic heterocycles. The fraction of sp³-hybridized carbons (Fsp3) is 0.188. The molecule has 214 valence electrons. The van der Waals surface area contributed by atoms with Crippen LogP contribution in [0.1, 0.15) is 47.1 Å². The minimum absolute atomic E-state index is 0.177. The van der Waals surface area contributed by atoms with E-state index in [1.807, 2.05) is 12.1 Å². The van der Waals surface area contributed by atoms with Gasteiger partial charge in [-0.05, 0) is 62.2 Å². The number of carbonyl (C=O) groups is 2. The molecular weight excluding hydrogens is 556 g/mol. The quantitative estimate of drug-likeness (QED) is 0.225. The van der Waals surface area contributed by atoms with Gasteiger partial charge in [-0.25, -0.2) is 14.6 Å². The fourth-order valence-corrected chi connectivity index (χ4v) is 5.87. The number of nitrogens with zero attached hydrogens (tertiary/aromatic N) is 2. The van der Waals surface area contributed by atoms with Crippen molar-refractivity contribution in [1.82, 2.24) is 4.57 Å². The van der Waals surface area contributed by atoms with E-state index in [0.717, 1.165) is 0 Å². The van der Waals surface area contributed by atoms with Crippen LogP contribution in [0.15, 0.2) is 92.7 Å². The van der Waals surface area contributed by atoms with Crippen molar-refractivity contribution in [2.24, 2.45) is 4.99 Å². The summed E-state index contributed by atoms with van der Waals surface area (Å²) < 4.78 is 18.8. The molecule has 9 nitrogen and oxygen atoms in total. The highest BCUT2D eigenvalue weighted by atomic mass is 32.1. The molecule has 0 saturated carbocycles. The highest BCUT2D eigenvalue weighted by Crippen LogP contribution is 2.32. The minimum atomic E-state index is -1.02. The van der Waals surface area contributed by atoms with Crippen molar-refractivity contribution < 1.29 is 28.6 Å². The van der Waals surface area contributed by atoms with Crippen LogP contribution in [0.25, 0.3) is 17.4 Å². The summed E-state index contributed by atoms with van der Waals surface area (Å²) in [7, 11) is 0. The molecule has 0 spiro atoms. The highest BCUT2D eigenvalue weighted by Gasteiger charge is 2.33. The van der Waals surface area contributed by atoms with Gasteiger partial charge in [-0.2, -0.15) is 0 Å². The van der Waals surface area contributed by atoms with Crippen LogP contribution in [0.3, 0.4) is 0 Å². The van der Waals surface area contributed by atoms with E-state index in [1.54, 1.807) is 69.3 Å². The van der Waals surface area contributed by atoms with E-state index in [4.69, 9.17) is 13.9 Å². The van der Waals surface area contributed by atoms with Crippen molar-refractivity contribution >= 4 is 29.4 Å². The summed E-state index contributed by atoms with van der Waals surface area (Å²) in [5, 5.41) is 9.48. The van der Waals surface area contributed by atoms with E-state index in [9.17, 15) is 19.5 Å². The van der Waals surface area contributed by atoms with Gasteiger partial charge in [-0.15, -0.1) is 0 Å². The third-order valence-corrected chi connectivity index (χ3v) is 7.79. The number of aromatic carboxylic acids is 1. The maximum absolute atomic E-state index is 13.9. The van der Waals surface area contributed by atoms with Crippen LogP contribution in [0, 0.1) is 6.92 Å². The lowest BCUT2D eigenvalue weighted by Gasteiger charge is -2.24. The van der Waals surface area contributed by atoms with Crippen molar-refractivity contribution in [2.75, 3.05) is 13.2 Å². The SMILES string of the molecule is C=CCOc1ccc([C@@H]2C(C(=O)OCC)=C(C)N=c3s/c(=C\c4ccc(-c5cccc(C(=O)O)c5C)o4)c(=O)n32)cc1. The molecule has 1 aliphatic rings. The van der Waals surface area contributed by atoms with Crippen molar-refractivity contribution in [2.45, 2.75) is 26.8 Å². The molecule has 0 radical (unpaired) electrons. The first-order chi connectivity index (χ1) is 20.2. The third kappa shape index (κ3) is 5.36. The van der Waals surface area contributed by atoms with E-state index < -0.39 is 18.0 Å². The van der Waals surface area contributed by atoms with E-state index in [1.165, 1.54) is 22.0 Å². The molecule has 0 aliphatic carbocycles. The number of hydrogen-bond acceptors (Lipinski definition) is 8. The van der Waals surface area contributed by atoms with Gasteiger partial charge in [0.15, 0.2) is 4.80 Å². The summed E-state index contributed by atoms with van der Waals surface area (Å²) in [5.74, 6) is -0.0428. The van der Waals surface area contributed by atoms with E-state index >= 15 is 0 Å². The van der Waals surface area contributed by atoms with Gasteiger partial charge in [0.25, 0.3) is 5.56 Å². The van der Waals surface area contributed by atoms with Crippen LogP contribution in [0.2, 0.25) is 0 Å². The molecule has 0 saturated heterocycles. The van der Waals surface area contributed by atoms with Crippen LogP contribution >= 0.6 is 11.3 Å². The fourth-order valence-electron chi connectivity index (χ4n) is 4.85. The van der Waals surface area contributed by atoms with Gasteiger partial charge in [0.1, 0.15) is 23.9 Å². The second-order valence-corrected chi connectivity index (χ2v) is 10.5. The summed E-state index contributed by atoms with van der Waals surface area (Å²) in [6.07, 6.45) is 3.27. The predicted molar refractivity (Wildman–Crippen MR) is 158 cm³/mol. The first-order valence-corrected chi connectivity index (χ1v) is 14.0. The molecular formula is C32H28N2O7S. The third-order valence-electron chi connectivity index (χ3n) is 6.81. The Kier molecular flexibility index (Phi) is 8.08. The molecule has 10 heteroatoms. The summed E-state index contributed by atoms with van der Waals surface area (Å²) in [4.78, 5) is 43.6. The number of carbonyl (C=O) groups excluding carboxylic acids is 1. The zero-order chi connectivity index (χ0) is 30.0. The summed E-state index contributed by atoms with van der Waals surface area (Å²) in [6, 6.07) is 14.8. The number of hydrogen-bond donors (Lipinski definition) is 1. The lowest BCUT2D eigenvalue weighted by atomic mass is 9.96. The molecule has 1 atom stereocenters. The molecule has 1 N–H and O–H groups in total. The molecule has 3 heterocycles. The van der Waals surface area contributed by atoms with Crippen molar-refractivity contribution in [1.29, 1.82) is 0 Å². The van der Waals surface area contributed by atoms with Crippen LogP contribution in [0.4, 0.5) is 0 Å². The van der Waals surface area contributed by atoms with Crippen molar-refractivity contribution in [3.05, 3.63) is 121 Å². The molecule has 2 aromatic heterocycles. The van der Waals surface area contributed by atoms with Gasteiger partial charge in [-0.1, -0.05) is 48.3 Å². The number of esters is 1. The average Bonchev–Trinajstić information content (AvgIpc) is 3.55. The Morgan fingerprint density at radius 2 is 1.90 bits per heavy atom. The number of benzene rings is 2. The van der Waals surface area contributed by atoms with Gasteiger partial charge in [0, 0.05) is 11.6 Å². The van der Waals surface area contributed by atoms with Gasteiger partial charge in [0.2, 0.25) is 0 Å². The smallest absolute Gasteiger partial charge is 0.338 e. The van der Waals surface area contributed by atoms with Gasteiger partial charge < -0.3 is 19.0 Å². The van der Waals surface area contributed by atoms with Crippen LogP contribution in [-0.4, -0.2) is 34.8 Å². The molecule has 0 unspecified atom stereocenters. The van der Waals surface area contributed by atoms with E-state index in [2.05, 4.69) is 11.6 Å². The normalized spacial score (nSPS) is 14.7. The first-order valence-electron chi connectivity index (χ1n) is 13.2. The minimum Gasteiger partial charge on any atom is -0.490 e. The molecule has 4 aromatic rings. The molecule has 0 bridgehead atoms. The van der Waals surface area contributed by atoms with Crippen LogP contribution in [0.5, 0.6) is 5.75 Å². The number of carboxylic acids is 1. The van der Waals surface area contributed by atoms with Crippen LogP contribution < -0.4 is 19.6 Å². The Morgan fingerprint density at radius 3 is 2.60 bits per heavy atom. The number of furan rings is 1. The van der Waals surface area contributed by atoms with Crippen LogP contribution in [-0.2, 0) is 9.53 Å². The topological polar surface area (TPSA) is 120 Å². The number of ether oxygens (including phenoxy) is 2. The predicted octanol–water partition coefficient (Wildman–Crippen LogP) is 4.63. The number of allylic oxidation sites excluding steroid dienone is 1. The molecule has 42 heavy (non-hydrogen) atoms. The Hall–Kier alpha value is -4.96. The van der Waals surface area contributed by atoms with Gasteiger partial charge >= 0.3 is 11.9 Å². The van der Waals surface area contributed by atoms with Crippen molar-refractivity contribution in [3.8, 4) is 17.1 Å². The molecule has 0 fully saturated rings. The van der Waals surface area contributed by atoms with Gasteiger partial charge in [-0.3, -0.25) is 9.36 Å². The number of thiazole rings is 1. The summed E-state index contributed by atoms with van der Waals surface area (Å²) in [6.45, 7) is 9.36. The Bertz CT molecular complexity index is 1910. The van der Waals surface area contributed by atoms with E-state index in [0.29, 0.717) is 55.6 Å². The Morgan fingerprint density at radius 1 is 1.14 bits per heavy atom. The lowest BCUT2D eigenvalue weighted by Crippen LogP contribution is -2.39. The molecule has 2 aromatic carbocycles. The summed E-state index contributed by atoms with van der Waals surface area (Å²) in [5.41, 5.74) is 2.51. The first kappa shape index (κ1) is 28.6. The largest absolute Gasteiger partial charge is 0.490 e. The Labute approximate surface area is 245 Å². The average molecular weight is 585 g/mol. The van der Waals surface area contributed by atoms with E-state index in [-0.39, 0.29) is 23.3 Å². The maximum Gasteiger partial charge on any atom is 0.338 e. The number of carboxylic acid groups (broad SMARTS) is 1.